The summed E-state index contributed by atoms with van der Waals surface area (Å²) >= 11 is 1.26. The normalized spacial score (nSPS) is 10.7. The van der Waals surface area contributed by atoms with Crippen molar-refractivity contribution in [1.29, 1.82) is 0 Å². The Morgan fingerprint density at radius 2 is 1.78 bits per heavy atom. The molecule has 3 aromatic rings. The summed E-state index contributed by atoms with van der Waals surface area (Å²) < 4.78 is 5.73. The van der Waals surface area contributed by atoms with Gasteiger partial charge < -0.3 is 4.74 Å². The van der Waals surface area contributed by atoms with Gasteiger partial charge in [0.2, 0.25) is 0 Å². The SMILES string of the molecule is O=C(CSc1ncccn1)N/N=C/c1ccc(OCc2ccccc2)cc1. The van der Waals surface area contributed by atoms with Gasteiger partial charge in [-0.2, -0.15) is 5.10 Å². The number of nitrogens with one attached hydrogen (secondary N) is 1. The minimum atomic E-state index is -0.216. The van der Waals surface area contributed by atoms with Crippen LogP contribution in [0.5, 0.6) is 5.75 Å². The Hall–Kier alpha value is -3.19. The van der Waals surface area contributed by atoms with Crippen molar-refractivity contribution in [2.45, 2.75) is 11.8 Å². The molecule has 0 bridgehead atoms. The summed E-state index contributed by atoms with van der Waals surface area (Å²) in [7, 11) is 0. The summed E-state index contributed by atoms with van der Waals surface area (Å²) in [4.78, 5) is 19.8. The van der Waals surface area contributed by atoms with Crippen molar-refractivity contribution in [1.82, 2.24) is 15.4 Å². The lowest BCUT2D eigenvalue weighted by Gasteiger charge is -2.06. The van der Waals surface area contributed by atoms with Crippen LogP contribution in [0.25, 0.3) is 0 Å². The zero-order chi connectivity index (χ0) is 18.7. The van der Waals surface area contributed by atoms with Gasteiger partial charge in [-0.25, -0.2) is 15.4 Å². The van der Waals surface area contributed by atoms with Crippen molar-refractivity contribution < 1.29 is 9.53 Å². The van der Waals surface area contributed by atoms with E-state index in [9.17, 15) is 4.79 Å². The lowest BCUT2D eigenvalue weighted by molar-refractivity contribution is -0.118. The van der Waals surface area contributed by atoms with E-state index >= 15 is 0 Å². The summed E-state index contributed by atoms with van der Waals surface area (Å²) in [5.74, 6) is 0.763. The van der Waals surface area contributed by atoms with Crippen LogP contribution in [0.2, 0.25) is 0 Å². The third-order valence-corrected chi connectivity index (χ3v) is 4.28. The van der Waals surface area contributed by atoms with E-state index in [0.29, 0.717) is 11.8 Å². The third-order valence-electron chi connectivity index (χ3n) is 3.41. The molecule has 1 aromatic heterocycles. The number of amides is 1. The van der Waals surface area contributed by atoms with Crippen LogP contribution in [0.15, 0.2) is 83.3 Å². The largest absolute Gasteiger partial charge is 0.489 e. The lowest BCUT2D eigenvalue weighted by atomic mass is 10.2. The number of nitrogens with zero attached hydrogens (tertiary/aromatic N) is 3. The fourth-order valence-corrected chi connectivity index (χ4v) is 2.69. The molecule has 136 valence electrons. The zero-order valence-electron chi connectivity index (χ0n) is 14.5. The van der Waals surface area contributed by atoms with Gasteiger partial charge in [0.25, 0.3) is 5.91 Å². The van der Waals surface area contributed by atoms with Crippen LogP contribution in [0.4, 0.5) is 0 Å². The molecule has 0 aliphatic carbocycles. The first kappa shape index (κ1) is 18.6. The molecule has 1 amide bonds. The molecule has 0 aliphatic heterocycles. The molecule has 7 heteroatoms. The summed E-state index contributed by atoms with van der Waals surface area (Å²) in [6.45, 7) is 0.521. The van der Waals surface area contributed by atoms with E-state index < -0.39 is 0 Å². The van der Waals surface area contributed by atoms with Crippen molar-refractivity contribution in [2.75, 3.05) is 5.75 Å². The molecule has 0 fully saturated rings. The van der Waals surface area contributed by atoms with Gasteiger partial charge >= 0.3 is 0 Å². The predicted molar refractivity (Wildman–Crippen MR) is 106 cm³/mol. The number of aromatic nitrogens is 2. The number of benzene rings is 2. The van der Waals surface area contributed by atoms with E-state index in [1.54, 1.807) is 24.7 Å². The van der Waals surface area contributed by atoms with Crippen LogP contribution >= 0.6 is 11.8 Å². The highest BCUT2D eigenvalue weighted by atomic mass is 32.2. The van der Waals surface area contributed by atoms with Crippen LogP contribution < -0.4 is 10.2 Å². The van der Waals surface area contributed by atoms with Crippen LogP contribution in [0.1, 0.15) is 11.1 Å². The van der Waals surface area contributed by atoms with Gasteiger partial charge in [0, 0.05) is 12.4 Å². The van der Waals surface area contributed by atoms with Gasteiger partial charge in [0.15, 0.2) is 5.16 Å². The number of ether oxygens (including phenoxy) is 1. The number of thioether (sulfide) groups is 1. The van der Waals surface area contributed by atoms with Crippen molar-refractivity contribution >= 4 is 23.9 Å². The molecule has 0 spiro atoms. The first-order chi connectivity index (χ1) is 13.3. The predicted octanol–water partition coefficient (Wildman–Crippen LogP) is 3.30. The number of hydrazone groups is 1. The van der Waals surface area contributed by atoms with Gasteiger partial charge in [-0.1, -0.05) is 42.1 Å². The summed E-state index contributed by atoms with van der Waals surface area (Å²) in [5.41, 5.74) is 4.46. The van der Waals surface area contributed by atoms with Gasteiger partial charge in [-0.3, -0.25) is 4.79 Å². The highest BCUT2D eigenvalue weighted by Gasteiger charge is 2.02. The molecule has 0 radical (unpaired) electrons. The Labute approximate surface area is 161 Å². The van der Waals surface area contributed by atoms with Gasteiger partial charge in [0.05, 0.1) is 12.0 Å². The average Bonchev–Trinajstić information content (AvgIpc) is 2.73. The van der Waals surface area contributed by atoms with Crippen LogP contribution in [-0.4, -0.2) is 27.8 Å². The van der Waals surface area contributed by atoms with Crippen LogP contribution in [-0.2, 0) is 11.4 Å². The first-order valence-corrected chi connectivity index (χ1v) is 9.27. The molecule has 0 saturated carbocycles. The number of rotatable bonds is 8. The molecular weight excluding hydrogens is 360 g/mol. The Bertz CT molecular complexity index is 872. The second kappa shape index (κ2) is 10.1. The first-order valence-electron chi connectivity index (χ1n) is 8.28. The topological polar surface area (TPSA) is 76.5 Å². The summed E-state index contributed by atoms with van der Waals surface area (Å²) in [6, 6.07) is 19.2. The molecular formula is C20H18N4O2S. The molecule has 0 aliphatic rings. The second-order valence-electron chi connectivity index (χ2n) is 5.46. The van der Waals surface area contributed by atoms with Gasteiger partial charge in [0.1, 0.15) is 12.4 Å². The van der Waals surface area contributed by atoms with Crippen molar-refractivity contribution in [3.8, 4) is 5.75 Å². The van der Waals surface area contributed by atoms with Gasteiger partial charge in [-0.05, 0) is 41.5 Å². The quantitative estimate of drug-likeness (QED) is 0.282. The minimum absolute atomic E-state index is 0.202. The Morgan fingerprint density at radius 3 is 2.52 bits per heavy atom. The molecule has 0 unspecified atom stereocenters. The van der Waals surface area contributed by atoms with E-state index in [1.807, 2.05) is 54.6 Å². The molecule has 27 heavy (non-hydrogen) atoms. The van der Waals surface area contributed by atoms with E-state index in [2.05, 4.69) is 20.5 Å². The smallest absolute Gasteiger partial charge is 0.250 e. The molecule has 2 aromatic carbocycles. The summed E-state index contributed by atoms with van der Waals surface area (Å²) in [6.07, 6.45) is 4.86. The average molecular weight is 378 g/mol. The standard InChI is InChI=1S/C20H18N4O2S/c25-19(15-27-20-21-11-4-12-22-20)24-23-13-16-7-9-18(10-8-16)26-14-17-5-2-1-3-6-17/h1-13H,14-15H2,(H,24,25)/b23-13+. The lowest BCUT2D eigenvalue weighted by Crippen LogP contribution is -2.19. The Kier molecular flexibility index (Phi) is 6.94. The van der Waals surface area contributed by atoms with Crippen molar-refractivity contribution in [3.05, 3.63) is 84.2 Å². The maximum atomic E-state index is 11.8. The molecule has 0 atom stereocenters. The third kappa shape index (κ3) is 6.56. The molecule has 1 heterocycles. The zero-order valence-corrected chi connectivity index (χ0v) is 15.3. The fourth-order valence-electron chi connectivity index (χ4n) is 2.09. The van der Waals surface area contributed by atoms with Crippen molar-refractivity contribution in [2.24, 2.45) is 5.10 Å². The highest BCUT2D eigenvalue weighted by molar-refractivity contribution is 7.99. The number of hydrogen-bond donors (Lipinski definition) is 1. The number of carbonyl (C=O) groups is 1. The highest BCUT2D eigenvalue weighted by Crippen LogP contribution is 2.13. The molecule has 1 N–H and O–H groups in total. The van der Waals surface area contributed by atoms with Crippen LogP contribution in [0, 0.1) is 0 Å². The maximum absolute atomic E-state index is 11.8. The maximum Gasteiger partial charge on any atom is 0.250 e. The van der Waals surface area contributed by atoms with Crippen molar-refractivity contribution in [3.63, 3.8) is 0 Å². The minimum Gasteiger partial charge on any atom is -0.489 e. The van der Waals surface area contributed by atoms with Gasteiger partial charge in [-0.15, -0.1) is 0 Å². The Balaban J connectivity index is 1.41. The fraction of sp³-hybridized carbons (Fsp3) is 0.100. The van der Waals surface area contributed by atoms with E-state index in [4.69, 9.17) is 4.74 Å². The number of carbonyl (C=O) groups excluding carboxylic acids is 1. The molecule has 3 rings (SSSR count). The monoisotopic (exact) mass is 378 g/mol. The van der Waals surface area contributed by atoms with E-state index in [1.165, 1.54) is 11.8 Å². The second-order valence-corrected chi connectivity index (χ2v) is 6.40. The van der Waals surface area contributed by atoms with E-state index in [-0.39, 0.29) is 11.7 Å². The summed E-state index contributed by atoms with van der Waals surface area (Å²) in [5, 5.41) is 4.52. The number of hydrogen-bond acceptors (Lipinski definition) is 6. The Morgan fingerprint density at radius 1 is 1.04 bits per heavy atom. The molecule has 0 saturated heterocycles. The van der Waals surface area contributed by atoms with E-state index in [0.717, 1.165) is 16.9 Å². The molecule has 6 nitrogen and oxygen atoms in total. The van der Waals surface area contributed by atoms with Crippen LogP contribution in [0.3, 0.4) is 0 Å².